The van der Waals surface area contributed by atoms with Crippen LogP contribution < -0.4 is 9.80 Å². The number of carbonyl (C=O) groups excluding carboxylic acids is 1. The van der Waals surface area contributed by atoms with E-state index < -0.39 is 0 Å². The predicted octanol–water partition coefficient (Wildman–Crippen LogP) is 1.98. The van der Waals surface area contributed by atoms with Gasteiger partial charge in [-0.2, -0.15) is 0 Å². The molecule has 0 spiro atoms. The van der Waals surface area contributed by atoms with Gasteiger partial charge in [0.15, 0.2) is 0 Å². The zero-order valence-corrected chi connectivity index (χ0v) is 13.2. The summed E-state index contributed by atoms with van der Waals surface area (Å²) < 4.78 is 0. The standard InChI is InChI=1S/C16H25N3O/c1-6-17(3)11-16(20)19(5)14-8-7-13-9-12(2)18(4)15(13)10-14/h7-8,10,12H,6,9,11H2,1-5H3. The molecule has 1 amide bonds. The van der Waals surface area contributed by atoms with Crippen molar-refractivity contribution < 1.29 is 4.79 Å². The Balaban J connectivity index is 2.16. The van der Waals surface area contributed by atoms with Crippen molar-refractivity contribution in [3.8, 4) is 0 Å². The highest BCUT2D eigenvalue weighted by Gasteiger charge is 2.24. The number of carbonyl (C=O) groups is 1. The molecule has 0 saturated carbocycles. The molecular weight excluding hydrogens is 250 g/mol. The zero-order chi connectivity index (χ0) is 14.9. The molecule has 1 unspecified atom stereocenters. The van der Waals surface area contributed by atoms with Gasteiger partial charge in [0.05, 0.1) is 6.54 Å². The van der Waals surface area contributed by atoms with Crippen LogP contribution in [0.25, 0.3) is 0 Å². The summed E-state index contributed by atoms with van der Waals surface area (Å²) >= 11 is 0. The first-order valence-corrected chi connectivity index (χ1v) is 7.25. The van der Waals surface area contributed by atoms with Gasteiger partial charge in [-0.05, 0) is 44.6 Å². The maximum atomic E-state index is 12.2. The lowest BCUT2D eigenvalue weighted by Crippen LogP contribution is -2.36. The van der Waals surface area contributed by atoms with Gasteiger partial charge in [0.25, 0.3) is 0 Å². The Bertz CT molecular complexity index is 500. The normalized spacial score (nSPS) is 17.5. The molecule has 1 atom stereocenters. The van der Waals surface area contributed by atoms with E-state index in [1.807, 2.05) is 19.0 Å². The summed E-state index contributed by atoms with van der Waals surface area (Å²) in [7, 11) is 5.93. The third-order valence-corrected chi connectivity index (χ3v) is 4.33. The van der Waals surface area contributed by atoms with Crippen molar-refractivity contribution in [1.29, 1.82) is 0 Å². The first kappa shape index (κ1) is 14.9. The number of anilines is 2. The largest absolute Gasteiger partial charge is 0.371 e. The number of benzene rings is 1. The van der Waals surface area contributed by atoms with Crippen LogP contribution in [-0.2, 0) is 11.2 Å². The molecule has 0 N–H and O–H groups in total. The van der Waals surface area contributed by atoms with Crippen molar-refractivity contribution in [2.75, 3.05) is 44.0 Å². The Morgan fingerprint density at radius 1 is 1.40 bits per heavy atom. The second-order valence-electron chi connectivity index (χ2n) is 5.76. The first-order chi connectivity index (χ1) is 9.43. The molecule has 0 fully saturated rings. The van der Waals surface area contributed by atoms with Gasteiger partial charge in [-0.1, -0.05) is 13.0 Å². The van der Waals surface area contributed by atoms with E-state index in [1.54, 1.807) is 4.90 Å². The number of rotatable bonds is 4. The molecule has 0 aromatic heterocycles. The van der Waals surface area contributed by atoms with Crippen LogP contribution in [0.4, 0.5) is 11.4 Å². The molecule has 110 valence electrons. The average Bonchev–Trinajstić information content (AvgIpc) is 2.72. The molecule has 1 aliphatic rings. The summed E-state index contributed by atoms with van der Waals surface area (Å²) in [5.74, 6) is 0.128. The number of amides is 1. The van der Waals surface area contributed by atoms with Gasteiger partial charge in [0.1, 0.15) is 0 Å². The van der Waals surface area contributed by atoms with Gasteiger partial charge in [-0.3, -0.25) is 9.69 Å². The molecule has 0 bridgehead atoms. The summed E-state index contributed by atoms with van der Waals surface area (Å²) in [5.41, 5.74) is 3.59. The van der Waals surface area contributed by atoms with Crippen molar-refractivity contribution in [2.24, 2.45) is 0 Å². The van der Waals surface area contributed by atoms with Gasteiger partial charge in [-0.25, -0.2) is 0 Å². The Kier molecular flexibility index (Phi) is 4.33. The second-order valence-corrected chi connectivity index (χ2v) is 5.76. The summed E-state index contributed by atoms with van der Waals surface area (Å²) in [6.45, 7) is 5.62. The number of nitrogens with zero attached hydrogens (tertiary/aromatic N) is 3. The van der Waals surface area contributed by atoms with Gasteiger partial charge >= 0.3 is 0 Å². The maximum Gasteiger partial charge on any atom is 0.240 e. The van der Waals surface area contributed by atoms with Crippen LogP contribution >= 0.6 is 0 Å². The fourth-order valence-corrected chi connectivity index (χ4v) is 2.55. The van der Waals surface area contributed by atoms with Crippen LogP contribution in [0.1, 0.15) is 19.4 Å². The van der Waals surface area contributed by atoms with Crippen molar-refractivity contribution >= 4 is 17.3 Å². The highest BCUT2D eigenvalue weighted by atomic mass is 16.2. The molecule has 1 heterocycles. The lowest BCUT2D eigenvalue weighted by atomic mass is 10.1. The van der Waals surface area contributed by atoms with E-state index >= 15 is 0 Å². The Labute approximate surface area is 122 Å². The summed E-state index contributed by atoms with van der Waals surface area (Å²) in [6.07, 6.45) is 1.09. The van der Waals surface area contributed by atoms with Crippen LogP contribution in [0.15, 0.2) is 18.2 Å². The molecule has 1 aliphatic heterocycles. The number of likely N-dealkylation sites (N-methyl/N-ethyl adjacent to an activating group) is 3. The summed E-state index contributed by atoms with van der Waals surface area (Å²) in [4.78, 5) is 18.3. The topological polar surface area (TPSA) is 26.8 Å². The van der Waals surface area contributed by atoms with Gasteiger partial charge in [0.2, 0.25) is 5.91 Å². The molecule has 0 radical (unpaired) electrons. The Hall–Kier alpha value is -1.55. The Morgan fingerprint density at radius 3 is 2.75 bits per heavy atom. The maximum absolute atomic E-state index is 12.2. The molecule has 20 heavy (non-hydrogen) atoms. The summed E-state index contributed by atoms with van der Waals surface area (Å²) in [6, 6.07) is 6.86. The number of hydrogen-bond donors (Lipinski definition) is 0. The van der Waals surface area contributed by atoms with Gasteiger partial charge in [-0.15, -0.1) is 0 Å². The van der Waals surface area contributed by atoms with E-state index in [4.69, 9.17) is 0 Å². The molecule has 4 heteroatoms. The van der Waals surface area contributed by atoms with Crippen LogP contribution in [0, 0.1) is 0 Å². The number of fused-ring (bicyclic) bond motifs is 1. The van der Waals surface area contributed by atoms with E-state index in [1.165, 1.54) is 11.3 Å². The predicted molar refractivity (Wildman–Crippen MR) is 84.6 cm³/mol. The van der Waals surface area contributed by atoms with Crippen molar-refractivity contribution in [3.05, 3.63) is 23.8 Å². The minimum atomic E-state index is 0.128. The minimum Gasteiger partial charge on any atom is -0.371 e. The highest BCUT2D eigenvalue weighted by Crippen LogP contribution is 2.33. The molecular formula is C16H25N3O. The average molecular weight is 275 g/mol. The minimum absolute atomic E-state index is 0.128. The fourth-order valence-electron chi connectivity index (χ4n) is 2.55. The highest BCUT2D eigenvalue weighted by molar-refractivity contribution is 5.95. The lowest BCUT2D eigenvalue weighted by Gasteiger charge is -2.23. The zero-order valence-electron chi connectivity index (χ0n) is 13.2. The van der Waals surface area contributed by atoms with Crippen LogP contribution in [0.3, 0.4) is 0 Å². The van der Waals surface area contributed by atoms with Crippen molar-refractivity contribution in [3.63, 3.8) is 0 Å². The first-order valence-electron chi connectivity index (χ1n) is 7.25. The SMILES string of the molecule is CCN(C)CC(=O)N(C)c1ccc2c(c1)N(C)C(C)C2. The van der Waals surface area contributed by atoms with Gasteiger partial charge in [0, 0.05) is 31.5 Å². The quantitative estimate of drug-likeness (QED) is 0.840. The molecule has 1 aromatic rings. The third-order valence-electron chi connectivity index (χ3n) is 4.33. The lowest BCUT2D eigenvalue weighted by molar-refractivity contribution is -0.119. The molecule has 0 aliphatic carbocycles. The van der Waals surface area contributed by atoms with Crippen LogP contribution in [0.2, 0.25) is 0 Å². The van der Waals surface area contributed by atoms with E-state index in [9.17, 15) is 4.79 Å². The van der Waals surface area contributed by atoms with Crippen molar-refractivity contribution in [1.82, 2.24) is 4.90 Å². The molecule has 1 aromatic carbocycles. The third kappa shape index (κ3) is 2.80. The summed E-state index contributed by atoms with van der Waals surface area (Å²) in [5, 5.41) is 0. The Morgan fingerprint density at radius 2 is 2.10 bits per heavy atom. The van der Waals surface area contributed by atoms with Crippen LogP contribution in [0.5, 0.6) is 0 Å². The van der Waals surface area contributed by atoms with E-state index in [2.05, 4.69) is 44.0 Å². The second kappa shape index (κ2) is 5.83. The monoisotopic (exact) mass is 275 g/mol. The van der Waals surface area contributed by atoms with Crippen molar-refractivity contribution in [2.45, 2.75) is 26.3 Å². The number of hydrogen-bond acceptors (Lipinski definition) is 3. The fraction of sp³-hybridized carbons (Fsp3) is 0.562. The van der Waals surface area contributed by atoms with E-state index in [0.29, 0.717) is 12.6 Å². The van der Waals surface area contributed by atoms with E-state index in [0.717, 1.165) is 18.7 Å². The smallest absolute Gasteiger partial charge is 0.240 e. The van der Waals surface area contributed by atoms with Crippen LogP contribution in [-0.4, -0.2) is 51.1 Å². The van der Waals surface area contributed by atoms with Gasteiger partial charge < -0.3 is 9.80 Å². The molecule has 0 saturated heterocycles. The molecule has 2 rings (SSSR count). The molecule has 4 nitrogen and oxygen atoms in total. The van der Waals surface area contributed by atoms with E-state index in [-0.39, 0.29) is 5.91 Å².